The second-order valence-corrected chi connectivity index (χ2v) is 3.79. The first-order valence-corrected chi connectivity index (χ1v) is 4.80. The molecule has 70 valence electrons. The van der Waals surface area contributed by atoms with Crippen LogP contribution in [0, 0.1) is 11.3 Å². The highest BCUT2D eigenvalue weighted by atomic mass is 79.9. The van der Waals surface area contributed by atoms with Gasteiger partial charge in [0.1, 0.15) is 5.52 Å². The Morgan fingerprint density at radius 3 is 3.07 bits per heavy atom. The maximum atomic E-state index is 8.57. The fourth-order valence-corrected chi connectivity index (χ4v) is 1.94. The number of hydrogen-bond donors (Lipinski definition) is 2. The molecule has 5 heteroatoms. The summed E-state index contributed by atoms with van der Waals surface area (Å²) in [6.45, 7) is 0. The fourth-order valence-electron chi connectivity index (χ4n) is 1.34. The van der Waals surface area contributed by atoms with Gasteiger partial charge in [-0.2, -0.15) is 5.26 Å². The summed E-state index contributed by atoms with van der Waals surface area (Å²) >= 11 is 3.38. The van der Waals surface area contributed by atoms with Crippen LogP contribution in [0.1, 0.15) is 5.56 Å². The molecule has 1 heterocycles. The van der Waals surface area contributed by atoms with E-state index in [0.29, 0.717) is 12.4 Å². The van der Waals surface area contributed by atoms with Crippen LogP contribution in [0.4, 0.5) is 5.95 Å². The normalized spacial score (nSPS) is 10.3. The number of nitrogens with two attached hydrogens (primary N) is 1. The van der Waals surface area contributed by atoms with Crippen LogP contribution in [0.2, 0.25) is 0 Å². The monoisotopic (exact) mass is 250 g/mol. The van der Waals surface area contributed by atoms with Gasteiger partial charge in [0.2, 0.25) is 0 Å². The van der Waals surface area contributed by atoms with Crippen LogP contribution in [0.5, 0.6) is 0 Å². The van der Waals surface area contributed by atoms with Crippen molar-refractivity contribution in [2.45, 2.75) is 6.42 Å². The topological polar surface area (TPSA) is 78.5 Å². The third-order valence-corrected chi connectivity index (χ3v) is 2.51. The molecule has 0 atom stereocenters. The highest BCUT2D eigenvalue weighted by Crippen LogP contribution is 2.24. The summed E-state index contributed by atoms with van der Waals surface area (Å²) in [5.74, 6) is 0.384. The van der Waals surface area contributed by atoms with E-state index >= 15 is 0 Å². The Bertz CT molecular complexity index is 523. The summed E-state index contributed by atoms with van der Waals surface area (Å²) in [4.78, 5) is 7.03. The molecule has 3 N–H and O–H groups in total. The number of nitrogen functional groups attached to an aromatic ring is 1. The molecule has 1 aromatic carbocycles. The van der Waals surface area contributed by atoms with Gasteiger partial charge in [0.05, 0.1) is 18.0 Å². The van der Waals surface area contributed by atoms with Gasteiger partial charge in [0, 0.05) is 4.47 Å². The Labute approximate surface area is 88.9 Å². The van der Waals surface area contributed by atoms with Crippen molar-refractivity contribution in [1.82, 2.24) is 9.97 Å². The molecule has 0 fully saturated rings. The highest BCUT2D eigenvalue weighted by Gasteiger charge is 2.05. The van der Waals surface area contributed by atoms with Gasteiger partial charge in [0.15, 0.2) is 5.95 Å². The van der Waals surface area contributed by atoms with E-state index in [4.69, 9.17) is 11.0 Å². The molecule has 0 aliphatic heterocycles. The van der Waals surface area contributed by atoms with E-state index in [1.54, 1.807) is 0 Å². The van der Waals surface area contributed by atoms with Crippen molar-refractivity contribution >= 4 is 32.9 Å². The number of nitrogens with one attached hydrogen (secondary N) is 1. The molecule has 0 amide bonds. The Balaban J connectivity index is 2.66. The first kappa shape index (κ1) is 9.03. The zero-order valence-corrected chi connectivity index (χ0v) is 8.80. The van der Waals surface area contributed by atoms with Crippen molar-refractivity contribution in [3.05, 3.63) is 22.2 Å². The van der Waals surface area contributed by atoms with Gasteiger partial charge in [-0.15, -0.1) is 0 Å². The second-order valence-electron chi connectivity index (χ2n) is 2.93. The molecule has 14 heavy (non-hydrogen) atoms. The van der Waals surface area contributed by atoms with Crippen molar-refractivity contribution < 1.29 is 0 Å². The molecule has 0 radical (unpaired) electrons. The Hall–Kier alpha value is -1.54. The van der Waals surface area contributed by atoms with E-state index in [0.717, 1.165) is 21.1 Å². The van der Waals surface area contributed by atoms with Gasteiger partial charge in [-0.25, -0.2) is 4.98 Å². The molecule has 0 spiro atoms. The molecule has 0 bridgehead atoms. The van der Waals surface area contributed by atoms with E-state index in [9.17, 15) is 0 Å². The highest BCUT2D eigenvalue weighted by molar-refractivity contribution is 9.10. The lowest BCUT2D eigenvalue weighted by atomic mass is 10.1. The van der Waals surface area contributed by atoms with Crippen LogP contribution >= 0.6 is 15.9 Å². The van der Waals surface area contributed by atoms with E-state index in [1.165, 1.54) is 0 Å². The zero-order chi connectivity index (χ0) is 10.1. The van der Waals surface area contributed by atoms with Crippen molar-refractivity contribution in [2.75, 3.05) is 5.73 Å². The van der Waals surface area contributed by atoms with Gasteiger partial charge in [-0.1, -0.05) is 0 Å². The minimum atomic E-state index is 0.382. The minimum absolute atomic E-state index is 0.382. The van der Waals surface area contributed by atoms with Crippen LogP contribution < -0.4 is 5.73 Å². The van der Waals surface area contributed by atoms with Gasteiger partial charge in [-0.05, 0) is 33.6 Å². The SMILES string of the molecule is N#CCc1cc(Br)c2nc(N)[nH]c2c1. The fraction of sp³-hybridized carbons (Fsp3) is 0.111. The predicted molar refractivity (Wildman–Crippen MR) is 57.5 cm³/mol. The molecule has 0 saturated heterocycles. The summed E-state index contributed by atoms with van der Waals surface area (Å²) in [6, 6.07) is 5.86. The van der Waals surface area contributed by atoms with Gasteiger partial charge >= 0.3 is 0 Å². The molecule has 2 rings (SSSR count). The maximum Gasteiger partial charge on any atom is 0.198 e. The largest absolute Gasteiger partial charge is 0.369 e. The van der Waals surface area contributed by atoms with Crippen LogP contribution in [0.15, 0.2) is 16.6 Å². The molecule has 1 aromatic heterocycles. The lowest BCUT2D eigenvalue weighted by Crippen LogP contribution is -1.84. The maximum absolute atomic E-state index is 8.57. The number of anilines is 1. The summed E-state index contributed by atoms with van der Waals surface area (Å²) in [7, 11) is 0. The molecule has 0 aliphatic rings. The van der Waals surface area contributed by atoms with E-state index in [-0.39, 0.29) is 0 Å². The van der Waals surface area contributed by atoms with Crippen LogP contribution in [0.3, 0.4) is 0 Å². The first-order chi connectivity index (χ1) is 6.70. The molecule has 0 unspecified atom stereocenters. The minimum Gasteiger partial charge on any atom is -0.369 e. The molecule has 4 nitrogen and oxygen atoms in total. The van der Waals surface area contributed by atoms with E-state index < -0.39 is 0 Å². The van der Waals surface area contributed by atoms with Crippen molar-refractivity contribution in [3.8, 4) is 6.07 Å². The number of fused-ring (bicyclic) bond motifs is 1. The van der Waals surface area contributed by atoms with Crippen molar-refractivity contribution in [1.29, 1.82) is 5.26 Å². The number of nitriles is 1. The number of halogens is 1. The number of benzene rings is 1. The standard InChI is InChI=1S/C9H7BrN4/c10-6-3-5(1-2-11)4-7-8(6)14-9(12)13-7/h3-4H,1H2,(H3,12,13,14). The number of aromatic amines is 1. The Morgan fingerprint density at radius 2 is 2.36 bits per heavy atom. The summed E-state index contributed by atoms with van der Waals surface area (Å²) in [5, 5.41) is 8.57. The van der Waals surface area contributed by atoms with Crippen LogP contribution in [-0.2, 0) is 6.42 Å². The van der Waals surface area contributed by atoms with E-state index in [1.807, 2.05) is 12.1 Å². The molecule has 0 aliphatic carbocycles. The Morgan fingerprint density at radius 1 is 1.57 bits per heavy atom. The van der Waals surface area contributed by atoms with Gasteiger partial charge < -0.3 is 10.7 Å². The second kappa shape index (κ2) is 3.31. The number of nitrogens with zero attached hydrogens (tertiary/aromatic N) is 2. The van der Waals surface area contributed by atoms with E-state index in [2.05, 4.69) is 32.0 Å². The Kier molecular flexibility index (Phi) is 2.14. The number of imidazole rings is 1. The number of hydrogen-bond acceptors (Lipinski definition) is 3. The predicted octanol–water partition coefficient (Wildman–Crippen LogP) is 1.97. The molecule has 0 saturated carbocycles. The number of rotatable bonds is 1. The first-order valence-electron chi connectivity index (χ1n) is 4.01. The summed E-state index contributed by atoms with van der Waals surface area (Å²) in [6.07, 6.45) is 0.382. The summed E-state index contributed by atoms with van der Waals surface area (Å²) in [5.41, 5.74) is 8.12. The lowest BCUT2D eigenvalue weighted by Gasteiger charge is -1.96. The van der Waals surface area contributed by atoms with Gasteiger partial charge in [0.25, 0.3) is 0 Å². The third-order valence-electron chi connectivity index (χ3n) is 1.90. The molecular weight excluding hydrogens is 244 g/mol. The molecular formula is C9H7BrN4. The van der Waals surface area contributed by atoms with Crippen LogP contribution in [0.25, 0.3) is 11.0 Å². The van der Waals surface area contributed by atoms with Crippen LogP contribution in [-0.4, -0.2) is 9.97 Å². The van der Waals surface area contributed by atoms with Crippen molar-refractivity contribution in [3.63, 3.8) is 0 Å². The average molecular weight is 251 g/mol. The number of H-pyrrole nitrogens is 1. The van der Waals surface area contributed by atoms with Crippen molar-refractivity contribution in [2.24, 2.45) is 0 Å². The zero-order valence-electron chi connectivity index (χ0n) is 7.21. The smallest absolute Gasteiger partial charge is 0.198 e. The summed E-state index contributed by atoms with van der Waals surface area (Å²) < 4.78 is 0.855. The quantitative estimate of drug-likeness (QED) is 0.813. The average Bonchev–Trinajstić information content (AvgIpc) is 2.47. The third kappa shape index (κ3) is 1.44. The number of aromatic nitrogens is 2. The molecule has 2 aromatic rings. The van der Waals surface area contributed by atoms with Gasteiger partial charge in [-0.3, -0.25) is 0 Å². The lowest BCUT2D eigenvalue weighted by molar-refractivity contribution is 1.26.